The van der Waals surface area contributed by atoms with Crippen molar-refractivity contribution in [3.8, 4) is 0 Å². The number of aldehydes is 1. The third-order valence-electron chi connectivity index (χ3n) is 9.26. The Morgan fingerprint density at radius 3 is 2.62 bits per heavy atom. The Hall–Kier alpha value is -0.900. The standard InChI is InChI=1S/C22H35NO3/c1-21-9-3-4-17(21)16-6-5-14-12-15(23-19(13-24)20(25)26)7-11-22(14,2)18(16)8-10-21/h13-19,23H,3-12H2,1-2H3,(H,25,26)/t14-,15-,16+,17+,18+,19?,21+,22+/m1/s1. The summed E-state index contributed by atoms with van der Waals surface area (Å²) in [7, 11) is 0. The minimum absolute atomic E-state index is 0.177. The molecule has 0 heterocycles. The molecule has 2 N–H and O–H groups in total. The monoisotopic (exact) mass is 361 g/mol. The average molecular weight is 362 g/mol. The smallest absolute Gasteiger partial charge is 0.328 e. The fourth-order valence-corrected chi connectivity index (χ4v) is 7.83. The lowest BCUT2D eigenvalue weighted by atomic mass is 9.45. The van der Waals surface area contributed by atoms with Crippen LogP contribution in [0.2, 0.25) is 0 Å². The van der Waals surface area contributed by atoms with Crippen LogP contribution in [0.4, 0.5) is 0 Å². The van der Waals surface area contributed by atoms with Gasteiger partial charge < -0.3 is 9.90 Å². The first-order valence-electron chi connectivity index (χ1n) is 10.8. The molecule has 0 amide bonds. The zero-order chi connectivity index (χ0) is 18.5. The first-order chi connectivity index (χ1) is 12.4. The van der Waals surface area contributed by atoms with Crippen LogP contribution in [-0.4, -0.2) is 29.4 Å². The van der Waals surface area contributed by atoms with Crippen molar-refractivity contribution in [1.82, 2.24) is 5.32 Å². The van der Waals surface area contributed by atoms with E-state index in [0.717, 1.165) is 30.6 Å². The Kier molecular flexibility index (Phi) is 4.70. The zero-order valence-electron chi connectivity index (χ0n) is 16.4. The Balaban J connectivity index is 1.47. The van der Waals surface area contributed by atoms with E-state index in [1.165, 1.54) is 51.4 Å². The highest BCUT2D eigenvalue weighted by Gasteiger charge is 2.57. The first-order valence-corrected chi connectivity index (χ1v) is 10.8. The summed E-state index contributed by atoms with van der Waals surface area (Å²) in [6, 6.07) is -0.870. The molecule has 146 valence electrons. The molecule has 0 aromatic rings. The van der Waals surface area contributed by atoms with Crippen molar-refractivity contribution in [3.05, 3.63) is 0 Å². The summed E-state index contributed by atoms with van der Waals surface area (Å²) in [5.74, 6) is 2.36. The summed E-state index contributed by atoms with van der Waals surface area (Å²) in [6.45, 7) is 5.10. The van der Waals surface area contributed by atoms with Gasteiger partial charge in [-0.05, 0) is 92.3 Å². The number of carboxylic acid groups (broad SMARTS) is 1. The summed E-state index contributed by atoms with van der Waals surface area (Å²) in [5, 5.41) is 12.3. The molecule has 0 saturated heterocycles. The minimum atomic E-state index is -1.05. The van der Waals surface area contributed by atoms with Gasteiger partial charge in [0.15, 0.2) is 6.04 Å². The molecule has 0 bridgehead atoms. The van der Waals surface area contributed by atoms with Crippen LogP contribution in [-0.2, 0) is 9.59 Å². The molecule has 4 fully saturated rings. The molecule has 4 rings (SSSR count). The Labute approximate surface area is 157 Å². The van der Waals surface area contributed by atoms with Gasteiger partial charge in [0.1, 0.15) is 6.29 Å². The van der Waals surface area contributed by atoms with Gasteiger partial charge in [0.25, 0.3) is 0 Å². The van der Waals surface area contributed by atoms with Crippen LogP contribution < -0.4 is 5.32 Å². The molecule has 0 aromatic heterocycles. The number of hydrogen-bond acceptors (Lipinski definition) is 3. The van der Waals surface area contributed by atoms with Crippen LogP contribution in [0.5, 0.6) is 0 Å². The molecule has 0 aromatic carbocycles. The Morgan fingerprint density at radius 1 is 1.08 bits per heavy atom. The molecule has 4 heteroatoms. The van der Waals surface area contributed by atoms with Gasteiger partial charge >= 0.3 is 5.97 Å². The van der Waals surface area contributed by atoms with Crippen molar-refractivity contribution in [2.45, 2.75) is 90.1 Å². The fraction of sp³-hybridized carbons (Fsp3) is 0.909. The molecule has 4 aliphatic rings. The van der Waals surface area contributed by atoms with E-state index < -0.39 is 12.0 Å². The lowest BCUT2D eigenvalue weighted by Crippen LogP contribution is -2.56. The highest BCUT2D eigenvalue weighted by molar-refractivity contribution is 5.90. The molecule has 8 atom stereocenters. The van der Waals surface area contributed by atoms with E-state index in [0.29, 0.717) is 23.0 Å². The second-order valence-electron chi connectivity index (χ2n) is 10.3. The van der Waals surface area contributed by atoms with E-state index in [9.17, 15) is 9.59 Å². The number of carboxylic acids is 1. The Morgan fingerprint density at radius 2 is 1.88 bits per heavy atom. The predicted molar refractivity (Wildman–Crippen MR) is 101 cm³/mol. The van der Waals surface area contributed by atoms with Gasteiger partial charge in [0.2, 0.25) is 0 Å². The van der Waals surface area contributed by atoms with Gasteiger partial charge in [-0.15, -0.1) is 0 Å². The summed E-state index contributed by atoms with van der Waals surface area (Å²) in [6.07, 6.45) is 13.6. The second-order valence-corrected chi connectivity index (χ2v) is 10.3. The quantitative estimate of drug-likeness (QED) is 0.586. The minimum Gasteiger partial charge on any atom is -0.480 e. The predicted octanol–water partition coefficient (Wildman–Crippen LogP) is 4.03. The normalized spacial score (nSPS) is 48.8. The second kappa shape index (κ2) is 6.61. The Bertz CT molecular complexity index is 578. The van der Waals surface area contributed by atoms with Gasteiger partial charge in [-0.25, -0.2) is 0 Å². The lowest BCUT2D eigenvalue weighted by Gasteiger charge is -2.60. The third-order valence-corrected chi connectivity index (χ3v) is 9.26. The summed E-state index contributed by atoms with van der Waals surface area (Å²) >= 11 is 0. The summed E-state index contributed by atoms with van der Waals surface area (Å²) in [4.78, 5) is 22.2. The molecular formula is C22H35NO3. The van der Waals surface area contributed by atoms with Crippen LogP contribution >= 0.6 is 0 Å². The van der Waals surface area contributed by atoms with Crippen LogP contribution in [0.15, 0.2) is 0 Å². The number of aliphatic carboxylic acids is 1. The topological polar surface area (TPSA) is 66.4 Å². The van der Waals surface area contributed by atoms with Crippen molar-refractivity contribution in [1.29, 1.82) is 0 Å². The van der Waals surface area contributed by atoms with E-state index >= 15 is 0 Å². The molecule has 0 radical (unpaired) electrons. The van der Waals surface area contributed by atoms with Gasteiger partial charge in [-0.1, -0.05) is 20.3 Å². The van der Waals surface area contributed by atoms with Gasteiger partial charge in [-0.2, -0.15) is 0 Å². The molecule has 26 heavy (non-hydrogen) atoms. The number of rotatable bonds is 4. The van der Waals surface area contributed by atoms with Crippen LogP contribution in [0, 0.1) is 34.5 Å². The number of fused-ring (bicyclic) bond motifs is 5. The molecule has 0 aliphatic heterocycles. The zero-order valence-corrected chi connectivity index (χ0v) is 16.4. The van der Waals surface area contributed by atoms with E-state index in [2.05, 4.69) is 19.2 Å². The van der Waals surface area contributed by atoms with E-state index in [1.807, 2.05) is 0 Å². The summed E-state index contributed by atoms with van der Waals surface area (Å²) < 4.78 is 0. The van der Waals surface area contributed by atoms with E-state index in [1.54, 1.807) is 0 Å². The van der Waals surface area contributed by atoms with E-state index in [-0.39, 0.29) is 6.04 Å². The highest BCUT2D eigenvalue weighted by Crippen LogP contribution is 2.66. The summed E-state index contributed by atoms with van der Waals surface area (Å²) in [5.41, 5.74) is 1.03. The largest absolute Gasteiger partial charge is 0.480 e. The number of hydrogen-bond donors (Lipinski definition) is 2. The molecule has 1 unspecified atom stereocenters. The van der Waals surface area contributed by atoms with E-state index in [4.69, 9.17) is 5.11 Å². The maximum Gasteiger partial charge on any atom is 0.328 e. The maximum absolute atomic E-state index is 11.2. The fourth-order valence-electron chi connectivity index (χ4n) is 7.83. The molecular weight excluding hydrogens is 326 g/mol. The van der Waals surface area contributed by atoms with Crippen molar-refractivity contribution in [2.75, 3.05) is 0 Å². The third kappa shape index (κ3) is 2.83. The van der Waals surface area contributed by atoms with Gasteiger partial charge in [0.05, 0.1) is 0 Å². The van der Waals surface area contributed by atoms with Gasteiger partial charge in [0, 0.05) is 6.04 Å². The van der Waals surface area contributed by atoms with Crippen molar-refractivity contribution >= 4 is 12.3 Å². The first kappa shape index (κ1) is 18.5. The highest BCUT2D eigenvalue weighted by atomic mass is 16.4. The number of nitrogens with one attached hydrogen (secondary N) is 1. The van der Waals surface area contributed by atoms with Crippen molar-refractivity contribution in [3.63, 3.8) is 0 Å². The van der Waals surface area contributed by atoms with Crippen molar-refractivity contribution in [2.24, 2.45) is 34.5 Å². The SMILES string of the molecule is C[C@@]12CCC[C@H]1[C@@H]1CC[C@@H]3C[C@H](NC(C=O)C(=O)O)CC[C@]3(C)[C@H]1CC2. The van der Waals surface area contributed by atoms with Crippen LogP contribution in [0.3, 0.4) is 0 Å². The average Bonchev–Trinajstić information content (AvgIpc) is 3.01. The molecule has 4 nitrogen and oxygen atoms in total. The number of carbonyl (C=O) groups is 2. The molecule has 0 spiro atoms. The lowest BCUT2D eigenvalue weighted by molar-refractivity contribution is -0.142. The van der Waals surface area contributed by atoms with Gasteiger partial charge in [-0.3, -0.25) is 10.1 Å². The number of carbonyl (C=O) groups excluding carboxylic acids is 1. The van der Waals surface area contributed by atoms with Crippen LogP contribution in [0.1, 0.15) is 78.1 Å². The van der Waals surface area contributed by atoms with Crippen LogP contribution in [0.25, 0.3) is 0 Å². The van der Waals surface area contributed by atoms with Crippen molar-refractivity contribution < 1.29 is 14.7 Å². The molecule has 4 aliphatic carbocycles. The maximum atomic E-state index is 11.2. The molecule has 4 saturated carbocycles.